The van der Waals surface area contributed by atoms with E-state index in [1.54, 1.807) is 24.3 Å². The van der Waals surface area contributed by atoms with Gasteiger partial charge in [0.2, 0.25) is 0 Å². The van der Waals surface area contributed by atoms with E-state index in [0.29, 0.717) is 11.3 Å². The molecule has 3 aromatic carbocycles. The summed E-state index contributed by atoms with van der Waals surface area (Å²) in [5, 5.41) is 2.72. The van der Waals surface area contributed by atoms with Crippen molar-refractivity contribution >= 4 is 11.6 Å². The molecule has 116 valence electrons. The van der Waals surface area contributed by atoms with Gasteiger partial charge in [-0.2, -0.15) is 0 Å². The van der Waals surface area contributed by atoms with Gasteiger partial charge < -0.3 is 5.32 Å². The molecule has 0 unspecified atom stereocenters. The molecule has 0 aliphatic rings. The summed E-state index contributed by atoms with van der Waals surface area (Å²) >= 11 is 0. The Labute approximate surface area is 140 Å². The number of hydrogen-bond donors (Lipinski definition) is 1. The molecule has 0 atom stereocenters. The van der Waals surface area contributed by atoms with Crippen molar-refractivity contribution in [1.29, 1.82) is 0 Å². The monoisotopic (exact) mass is 315 g/mol. The standard InChI is InChI=1S/C21H14FNO/c22-19-12-6-5-11-18(19)21(24)23-20-13-7-4-10-17(20)15-14-16-8-2-1-3-9-16/h1-13H,(H,23,24). The summed E-state index contributed by atoms with van der Waals surface area (Å²) in [5.74, 6) is 5.04. The first-order valence-electron chi connectivity index (χ1n) is 7.46. The smallest absolute Gasteiger partial charge is 0.258 e. The van der Waals surface area contributed by atoms with E-state index in [1.807, 2.05) is 42.5 Å². The van der Waals surface area contributed by atoms with Crippen LogP contribution in [-0.4, -0.2) is 5.91 Å². The van der Waals surface area contributed by atoms with E-state index in [2.05, 4.69) is 17.2 Å². The van der Waals surface area contributed by atoms with E-state index in [-0.39, 0.29) is 5.56 Å². The lowest BCUT2D eigenvalue weighted by atomic mass is 10.1. The molecule has 0 radical (unpaired) electrons. The highest BCUT2D eigenvalue weighted by atomic mass is 19.1. The van der Waals surface area contributed by atoms with Gasteiger partial charge in [-0.3, -0.25) is 4.79 Å². The van der Waals surface area contributed by atoms with Crippen LogP contribution in [0, 0.1) is 17.7 Å². The predicted octanol–water partition coefficient (Wildman–Crippen LogP) is 4.48. The molecule has 0 fully saturated rings. The Morgan fingerprint density at radius 2 is 1.46 bits per heavy atom. The first-order valence-corrected chi connectivity index (χ1v) is 7.46. The Hall–Kier alpha value is -3.38. The van der Waals surface area contributed by atoms with Gasteiger partial charge in [-0.1, -0.05) is 54.3 Å². The van der Waals surface area contributed by atoms with Crippen LogP contribution in [0.5, 0.6) is 0 Å². The van der Waals surface area contributed by atoms with Crippen molar-refractivity contribution < 1.29 is 9.18 Å². The molecule has 0 spiro atoms. The third kappa shape index (κ3) is 3.68. The Balaban J connectivity index is 1.86. The molecule has 0 bridgehead atoms. The van der Waals surface area contributed by atoms with E-state index in [9.17, 15) is 9.18 Å². The summed E-state index contributed by atoms with van der Waals surface area (Å²) in [6.45, 7) is 0. The first kappa shape index (κ1) is 15.5. The third-order valence-corrected chi connectivity index (χ3v) is 3.41. The summed E-state index contributed by atoms with van der Waals surface area (Å²) in [6.07, 6.45) is 0. The van der Waals surface area contributed by atoms with Crippen LogP contribution in [0.2, 0.25) is 0 Å². The second-order valence-electron chi connectivity index (χ2n) is 5.10. The van der Waals surface area contributed by atoms with Crippen LogP contribution in [0.25, 0.3) is 0 Å². The molecule has 1 amide bonds. The second kappa shape index (κ2) is 7.26. The molecular weight excluding hydrogens is 301 g/mol. The van der Waals surface area contributed by atoms with Crippen molar-refractivity contribution in [1.82, 2.24) is 0 Å². The van der Waals surface area contributed by atoms with Gasteiger partial charge in [0.15, 0.2) is 0 Å². The predicted molar refractivity (Wildman–Crippen MR) is 93.2 cm³/mol. The van der Waals surface area contributed by atoms with Gasteiger partial charge in [0.1, 0.15) is 5.82 Å². The number of carbonyl (C=O) groups excluding carboxylic acids is 1. The number of nitrogens with one attached hydrogen (secondary N) is 1. The highest BCUT2D eigenvalue weighted by Gasteiger charge is 2.12. The molecule has 0 aromatic heterocycles. The number of amides is 1. The fourth-order valence-corrected chi connectivity index (χ4v) is 2.20. The van der Waals surface area contributed by atoms with Crippen molar-refractivity contribution in [3.05, 3.63) is 101 Å². The fourth-order valence-electron chi connectivity index (χ4n) is 2.20. The number of anilines is 1. The van der Waals surface area contributed by atoms with Crippen molar-refractivity contribution in [3.63, 3.8) is 0 Å². The molecule has 2 nitrogen and oxygen atoms in total. The van der Waals surface area contributed by atoms with E-state index >= 15 is 0 Å². The molecule has 3 rings (SSSR count). The minimum absolute atomic E-state index is 0.00308. The third-order valence-electron chi connectivity index (χ3n) is 3.41. The van der Waals surface area contributed by atoms with Crippen molar-refractivity contribution in [2.24, 2.45) is 0 Å². The van der Waals surface area contributed by atoms with Gasteiger partial charge in [-0.05, 0) is 36.4 Å². The van der Waals surface area contributed by atoms with Crippen molar-refractivity contribution in [2.45, 2.75) is 0 Å². The number of rotatable bonds is 2. The molecule has 0 saturated heterocycles. The number of carbonyl (C=O) groups is 1. The topological polar surface area (TPSA) is 29.1 Å². The summed E-state index contributed by atoms with van der Waals surface area (Å²) in [7, 11) is 0. The molecule has 0 aliphatic carbocycles. The van der Waals surface area contributed by atoms with Crippen molar-refractivity contribution in [3.8, 4) is 11.8 Å². The maximum Gasteiger partial charge on any atom is 0.258 e. The normalized spacial score (nSPS) is 9.71. The van der Waals surface area contributed by atoms with Gasteiger partial charge in [0.25, 0.3) is 5.91 Å². The fraction of sp³-hybridized carbons (Fsp3) is 0. The van der Waals surface area contributed by atoms with E-state index < -0.39 is 11.7 Å². The largest absolute Gasteiger partial charge is 0.321 e. The maximum atomic E-state index is 13.7. The lowest BCUT2D eigenvalue weighted by molar-refractivity contribution is 0.102. The quantitative estimate of drug-likeness (QED) is 0.694. The van der Waals surface area contributed by atoms with Gasteiger partial charge in [0.05, 0.1) is 11.3 Å². The second-order valence-corrected chi connectivity index (χ2v) is 5.10. The zero-order chi connectivity index (χ0) is 16.8. The Bertz CT molecular complexity index is 923. The van der Waals surface area contributed by atoms with E-state index in [1.165, 1.54) is 12.1 Å². The van der Waals surface area contributed by atoms with Crippen LogP contribution in [0.3, 0.4) is 0 Å². The van der Waals surface area contributed by atoms with E-state index in [4.69, 9.17) is 0 Å². The van der Waals surface area contributed by atoms with Crippen molar-refractivity contribution in [2.75, 3.05) is 5.32 Å². The van der Waals surface area contributed by atoms with Gasteiger partial charge in [0, 0.05) is 11.1 Å². The van der Waals surface area contributed by atoms with Gasteiger partial charge in [-0.15, -0.1) is 0 Å². The minimum atomic E-state index is -0.553. The van der Waals surface area contributed by atoms with Crippen LogP contribution in [0.1, 0.15) is 21.5 Å². The van der Waals surface area contributed by atoms with E-state index in [0.717, 1.165) is 5.56 Å². The first-order chi connectivity index (χ1) is 11.7. The Morgan fingerprint density at radius 3 is 2.25 bits per heavy atom. The lowest BCUT2D eigenvalue weighted by Crippen LogP contribution is -2.14. The van der Waals surface area contributed by atoms with Crippen LogP contribution in [0.4, 0.5) is 10.1 Å². The molecule has 0 heterocycles. The van der Waals surface area contributed by atoms with Crippen LogP contribution in [0.15, 0.2) is 78.9 Å². The summed E-state index contributed by atoms with van der Waals surface area (Å²) in [5.41, 5.74) is 2.11. The molecule has 1 N–H and O–H groups in total. The SMILES string of the molecule is O=C(Nc1ccccc1C#Cc1ccccc1)c1ccccc1F. The van der Waals surface area contributed by atoms with Crippen LogP contribution in [-0.2, 0) is 0 Å². The molecule has 3 aromatic rings. The average Bonchev–Trinajstić information content (AvgIpc) is 2.62. The molecule has 0 aliphatic heterocycles. The summed E-state index contributed by atoms with van der Waals surface area (Å²) in [4.78, 5) is 12.3. The van der Waals surface area contributed by atoms with Gasteiger partial charge in [-0.25, -0.2) is 4.39 Å². The Morgan fingerprint density at radius 1 is 0.792 bits per heavy atom. The highest BCUT2D eigenvalue weighted by Crippen LogP contribution is 2.16. The average molecular weight is 315 g/mol. The lowest BCUT2D eigenvalue weighted by Gasteiger charge is -2.08. The zero-order valence-corrected chi connectivity index (χ0v) is 12.8. The number of hydrogen-bond acceptors (Lipinski definition) is 1. The highest BCUT2D eigenvalue weighted by molar-refractivity contribution is 6.05. The molecule has 24 heavy (non-hydrogen) atoms. The van der Waals surface area contributed by atoms with Gasteiger partial charge >= 0.3 is 0 Å². The minimum Gasteiger partial charge on any atom is -0.321 e. The number of benzene rings is 3. The number of para-hydroxylation sites is 1. The Kier molecular flexibility index (Phi) is 4.69. The summed E-state index contributed by atoms with van der Waals surface area (Å²) in [6, 6.07) is 22.6. The van der Waals surface area contributed by atoms with Crippen LogP contribution >= 0.6 is 0 Å². The number of halogens is 1. The van der Waals surface area contributed by atoms with Crippen LogP contribution < -0.4 is 5.32 Å². The maximum absolute atomic E-state index is 13.7. The molecule has 0 saturated carbocycles. The molecular formula is C21H14FNO. The summed E-state index contributed by atoms with van der Waals surface area (Å²) < 4.78 is 13.7. The molecule has 3 heteroatoms. The zero-order valence-electron chi connectivity index (χ0n) is 12.8.